The second kappa shape index (κ2) is 9.15. The number of benzene rings is 2. The number of hydrogen-bond donors (Lipinski definition) is 2. The fourth-order valence-electron chi connectivity index (χ4n) is 3.16. The molecule has 0 atom stereocenters. The number of aryl methyl sites for hydroxylation is 1. The van der Waals surface area contributed by atoms with Crippen LogP contribution in [0.5, 0.6) is 0 Å². The normalized spacial score (nSPS) is 11.2. The minimum absolute atomic E-state index is 0.0358. The summed E-state index contributed by atoms with van der Waals surface area (Å²) < 4.78 is 6.48. The van der Waals surface area contributed by atoms with Crippen LogP contribution in [0, 0.1) is 0 Å². The van der Waals surface area contributed by atoms with Gasteiger partial charge in [0, 0.05) is 0 Å². The number of unbranched alkanes of at least 4 members (excludes halogenated alkanes) is 1. The van der Waals surface area contributed by atoms with Gasteiger partial charge < -0.3 is 9.72 Å². The number of carbonyl (C=O) groups excluding carboxylic acids is 1. The van der Waals surface area contributed by atoms with Crippen molar-refractivity contribution in [2.75, 3.05) is 11.9 Å². The summed E-state index contributed by atoms with van der Waals surface area (Å²) in [7, 11) is 0. The van der Waals surface area contributed by atoms with Crippen molar-refractivity contribution in [2.45, 2.75) is 32.8 Å². The maximum absolute atomic E-state index is 12.2. The first-order chi connectivity index (χ1) is 14.6. The van der Waals surface area contributed by atoms with Gasteiger partial charge in [-0.25, -0.2) is 9.97 Å². The first kappa shape index (κ1) is 20.2. The molecule has 0 saturated carbocycles. The van der Waals surface area contributed by atoms with Gasteiger partial charge in [-0.2, -0.15) is 0 Å². The van der Waals surface area contributed by atoms with E-state index in [-0.39, 0.29) is 24.7 Å². The van der Waals surface area contributed by atoms with Gasteiger partial charge >= 0.3 is 0 Å². The van der Waals surface area contributed by atoms with Crippen molar-refractivity contribution in [3.63, 3.8) is 0 Å². The Hall–Kier alpha value is -3.10. The molecule has 0 unspecified atom stereocenters. The topological polar surface area (TPSA) is 97.0 Å². The van der Waals surface area contributed by atoms with Gasteiger partial charge in [0.2, 0.25) is 0 Å². The summed E-state index contributed by atoms with van der Waals surface area (Å²) in [6, 6.07) is 13.3. The highest BCUT2D eigenvalue weighted by molar-refractivity contribution is 7.22. The van der Waals surface area contributed by atoms with Crippen molar-refractivity contribution in [3.05, 3.63) is 64.2 Å². The minimum Gasteiger partial charge on any atom is -0.364 e. The van der Waals surface area contributed by atoms with Crippen LogP contribution in [0.15, 0.2) is 47.3 Å². The van der Waals surface area contributed by atoms with Crippen LogP contribution in [0.3, 0.4) is 0 Å². The molecule has 154 valence electrons. The van der Waals surface area contributed by atoms with Crippen LogP contribution in [0.1, 0.15) is 31.2 Å². The molecule has 0 aliphatic carbocycles. The lowest BCUT2D eigenvalue weighted by Gasteiger charge is -2.05. The highest BCUT2D eigenvalue weighted by Crippen LogP contribution is 2.27. The van der Waals surface area contributed by atoms with E-state index in [1.165, 1.54) is 16.9 Å². The fraction of sp³-hybridized carbons (Fsp3) is 0.273. The molecule has 4 aromatic rings. The molecule has 2 aromatic heterocycles. The molecule has 2 aromatic carbocycles. The van der Waals surface area contributed by atoms with E-state index in [2.05, 4.69) is 39.3 Å². The van der Waals surface area contributed by atoms with Crippen molar-refractivity contribution in [1.82, 2.24) is 15.0 Å². The fourth-order valence-corrected chi connectivity index (χ4v) is 4.10. The van der Waals surface area contributed by atoms with Crippen molar-refractivity contribution < 1.29 is 9.53 Å². The van der Waals surface area contributed by atoms with Gasteiger partial charge in [0.25, 0.3) is 11.5 Å². The van der Waals surface area contributed by atoms with Crippen LogP contribution in [0.25, 0.3) is 21.1 Å². The van der Waals surface area contributed by atoms with Gasteiger partial charge in [-0.3, -0.25) is 14.9 Å². The van der Waals surface area contributed by atoms with E-state index in [4.69, 9.17) is 4.74 Å². The monoisotopic (exact) mass is 422 g/mol. The summed E-state index contributed by atoms with van der Waals surface area (Å²) in [6.45, 7) is 2.05. The average molecular weight is 423 g/mol. The summed E-state index contributed by atoms with van der Waals surface area (Å²) in [6.07, 6.45) is 3.36. The lowest BCUT2D eigenvalue weighted by molar-refractivity contribution is -0.121. The maximum Gasteiger partial charge on any atom is 0.258 e. The second-order valence-electron chi connectivity index (χ2n) is 7.00. The van der Waals surface area contributed by atoms with Gasteiger partial charge in [-0.05, 0) is 42.7 Å². The molecule has 2 N–H and O–H groups in total. The Labute approximate surface area is 177 Å². The van der Waals surface area contributed by atoms with Crippen molar-refractivity contribution in [2.24, 2.45) is 0 Å². The van der Waals surface area contributed by atoms with Gasteiger partial charge in [0.15, 0.2) is 5.13 Å². The number of aromatic amines is 1. The molecule has 0 bridgehead atoms. The predicted molar refractivity (Wildman–Crippen MR) is 119 cm³/mol. The van der Waals surface area contributed by atoms with Crippen LogP contribution in [0.4, 0.5) is 5.13 Å². The standard InChI is InChI=1S/C22H22N4O3S/c1-2-3-6-14-9-10-17-18(11-14)30-22(24-17)26-20(27)13-29-12-19-23-16-8-5-4-7-15(16)21(28)25-19/h4-5,7-11H,2-3,6,12-13H2,1H3,(H,23,25,28)(H,24,26,27). The number of amides is 1. The Morgan fingerprint density at radius 3 is 2.90 bits per heavy atom. The van der Waals surface area contributed by atoms with E-state index >= 15 is 0 Å². The van der Waals surface area contributed by atoms with E-state index in [0.717, 1.165) is 29.5 Å². The number of para-hydroxylation sites is 1. The molecule has 0 fully saturated rings. The van der Waals surface area contributed by atoms with E-state index in [1.54, 1.807) is 18.2 Å². The number of rotatable bonds is 8. The number of H-pyrrole nitrogens is 1. The first-order valence-electron chi connectivity index (χ1n) is 9.87. The SMILES string of the molecule is CCCCc1ccc2nc(NC(=O)COCc3nc4ccccc4c(=O)[nH]3)sc2c1. The van der Waals surface area contributed by atoms with E-state index in [1.807, 2.05) is 12.1 Å². The van der Waals surface area contributed by atoms with Crippen LogP contribution < -0.4 is 10.9 Å². The third-order valence-electron chi connectivity index (χ3n) is 4.65. The number of nitrogens with one attached hydrogen (secondary N) is 2. The third kappa shape index (κ3) is 4.72. The Morgan fingerprint density at radius 1 is 1.17 bits per heavy atom. The molecule has 2 heterocycles. The van der Waals surface area contributed by atoms with Crippen molar-refractivity contribution >= 4 is 43.5 Å². The second-order valence-corrected chi connectivity index (χ2v) is 8.03. The molecular weight excluding hydrogens is 400 g/mol. The molecule has 30 heavy (non-hydrogen) atoms. The number of nitrogens with zero attached hydrogens (tertiary/aromatic N) is 2. The van der Waals surface area contributed by atoms with E-state index in [9.17, 15) is 9.59 Å². The predicted octanol–water partition coefficient (Wildman–Crippen LogP) is 4.03. The molecular formula is C22H22N4O3S. The van der Waals surface area contributed by atoms with Gasteiger partial charge in [0.1, 0.15) is 19.0 Å². The number of carbonyl (C=O) groups is 1. The molecule has 0 radical (unpaired) electrons. The lowest BCUT2D eigenvalue weighted by Crippen LogP contribution is -2.19. The number of fused-ring (bicyclic) bond motifs is 2. The highest BCUT2D eigenvalue weighted by Gasteiger charge is 2.10. The summed E-state index contributed by atoms with van der Waals surface area (Å²) in [5, 5.41) is 3.84. The summed E-state index contributed by atoms with van der Waals surface area (Å²) >= 11 is 1.45. The molecule has 0 saturated heterocycles. The molecule has 0 aliphatic rings. The first-order valence-corrected chi connectivity index (χ1v) is 10.7. The highest BCUT2D eigenvalue weighted by atomic mass is 32.1. The number of ether oxygens (including phenoxy) is 1. The molecule has 0 spiro atoms. The third-order valence-corrected chi connectivity index (χ3v) is 5.59. The summed E-state index contributed by atoms with van der Waals surface area (Å²) in [5.41, 5.74) is 2.52. The molecule has 8 heteroatoms. The average Bonchev–Trinajstić information content (AvgIpc) is 3.13. The number of aromatic nitrogens is 3. The zero-order chi connectivity index (χ0) is 20.9. The van der Waals surface area contributed by atoms with Crippen LogP contribution in [-0.2, 0) is 22.6 Å². The summed E-state index contributed by atoms with van der Waals surface area (Å²) in [5.74, 6) is 0.0782. The Morgan fingerprint density at radius 2 is 2.03 bits per heavy atom. The minimum atomic E-state index is -0.302. The summed E-state index contributed by atoms with van der Waals surface area (Å²) in [4.78, 5) is 35.8. The largest absolute Gasteiger partial charge is 0.364 e. The van der Waals surface area contributed by atoms with Crippen molar-refractivity contribution in [3.8, 4) is 0 Å². The van der Waals surface area contributed by atoms with E-state index in [0.29, 0.717) is 21.9 Å². The Bertz CT molecular complexity index is 1250. The quantitative estimate of drug-likeness (QED) is 0.447. The van der Waals surface area contributed by atoms with Crippen LogP contribution in [0.2, 0.25) is 0 Å². The van der Waals surface area contributed by atoms with Crippen LogP contribution >= 0.6 is 11.3 Å². The number of anilines is 1. The molecule has 4 rings (SSSR count). The number of thiazole rings is 1. The molecule has 0 aliphatic heterocycles. The van der Waals surface area contributed by atoms with Gasteiger partial charge in [0.05, 0.1) is 21.1 Å². The zero-order valence-corrected chi connectivity index (χ0v) is 17.4. The van der Waals surface area contributed by atoms with Gasteiger partial charge in [-0.1, -0.05) is 42.9 Å². The maximum atomic E-state index is 12.2. The zero-order valence-electron chi connectivity index (χ0n) is 16.6. The van der Waals surface area contributed by atoms with Gasteiger partial charge in [-0.15, -0.1) is 0 Å². The Balaban J connectivity index is 1.34. The molecule has 1 amide bonds. The molecule has 7 nitrogen and oxygen atoms in total. The Kier molecular flexibility index (Phi) is 6.15. The lowest BCUT2D eigenvalue weighted by atomic mass is 10.1. The van der Waals surface area contributed by atoms with E-state index < -0.39 is 0 Å². The smallest absolute Gasteiger partial charge is 0.258 e. The van der Waals surface area contributed by atoms with Crippen molar-refractivity contribution in [1.29, 1.82) is 0 Å². The van der Waals surface area contributed by atoms with Crippen LogP contribution in [-0.4, -0.2) is 27.5 Å². The number of hydrogen-bond acceptors (Lipinski definition) is 6.